The van der Waals surface area contributed by atoms with Gasteiger partial charge in [-0.15, -0.1) is 0 Å². The molecular weight excluding hydrogens is 318 g/mol. The summed E-state index contributed by atoms with van der Waals surface area (Å²) in [5, 5.41) is 12.1. The first-order chi connectivity index (χ1) is 10.0. The molecule has 1 amide bonds. The van der Waals surface area contributed by atoms with Gasteiger partial charge in [-0.3, -0.25) is 4.79 Å². The lowest BCUT2D eigenvalue weighted by Gasteiger charge is -2.12. The maximum Gasteiger partial charge on any atom is 0.332 e. The Morgan fingerprint density at radius 2 is 2.33 bits per heavy atom. The minimum Gasteiger partial charge on any atom is -0.479 e. The predicted molar refractivity (Wildman–Crippen MR) is 76.7 cm³/mol. The van der Waals surface area contributed by atoms with Crippen molar-refractivity contribution in [3.8, 4) is 0 Å². The third-order valence-corrected chi connectivity index (χ3v) is 3.83. The van der Waals surface area contributed by atoms with Gasteiger partial charge in [0.1, 0.15) is 0 Å². The van der Waals surface area contributed by atoms with Crippen molar-refractivity contribution in [2.75, 3.05) is 12.8 Å². The number of nitrogens with zero attached hydrogens (tertiary/aromatic N) is 2. The maximum atomic E-state index is 12.0. The standard InChI is InChI=1S/C12H14ClN3O4S/c1-21-12-15-5-7(13)9(16-12)10(17)14-4-6-2-3-8(20-6)11(18)19/h5-6,8H,2-4H2,1H3,(H,14,17)(H,18,19). The molecular formula is C12H14ClN3O4S. The van der Waals surface area contributed by atoms with Crippen molar-refractivity contribution in [1.82, 2.24) is 15.3 Å². The molecule has 114 valence electrons. The van der Waals surface area contributed by atoms with E-state index in [1.807, 2.05) is 0 Å². The molecule has 1 aliphatic heterocycles. The molecule has 2 atom stereocenters. The van der Waals surface area contributed by atoms with E-state index in [0.717, 1.165) is 0 Å². The number of carboxylic acids is 1. The highest BCUT2D eigenvalue weighted by Crippen LogP contribution is 2.20. The average molecular weight is 332 g/mol. The SMILES string of the molecule is CSc1ncc(Cl)c(C(=O)NCC2CCC(C(=O)O)O2)n1. The van der Waals surface area contributed by atoms with Crippen LogP contribution in [0, 0.1) is 0 Å². The molecule has 0 saturated carbocycles. The summed E-state index contributed by atoms with van der Waals surface area (Å²) in [6.07, 6.45) is 3.10. The van der Waals surface area contributed by atoms with Crippen LogP contribution in [0.4, 0.5) is 0 Å². The van der Waals surface area contributed by atoms with E-state index >= 15 is 0 Å². The highest BCUT2D eigenvalue weighted by atomic mass is 35.5. The molecule has 2 rings (SSSR count). The number of carbonyl (C=O) groups excluding carboxylic acids is 1. The molecule has 0 radical (unpaired) electrons. The van der Waals surface area contributed by atoms with Crippen LogP contribution in [0.15, 0.2) is 11.4 Å². The van der Waals surface area contributed by atoms with Crippen LogP contribution < -0.4 is 5.32 Å². The third kappa shape index (κ3) is 4.05. The van der Waals surface area contributed by atoms with Gasteiger partial charge in [-0.2, -0.15) is 0 Å². The molecule has 0 bridgehead atoms. The summed E-state index contributed by atoms with van der Waals surface area (Å²) in [7, 11) is 0. The van der Waals surface area contributed by atoms with Crippen LogP contribution in [0.2, 0.25) is 5.02 Å². The van der Waals surface area contributed by atoms with Crippen molar-refractivity contribution in [1.29, 1.82) is 0 Å². The molecule has 1 saturated heterocycles. The summed E-state index contributed by atoms with van der Waals surface area (Å²) in [5.74, 6) is -1.41. The number of aliphatic carboxylic acids is 1. The second-order valence-corrected chi connectivity index (χ2v) is 5.61. The molecule has 0 aliphatic carbocycles. The number of aromatic nitrogens is 2. The molecule has 2 N–H and O–H groups in total. The molecule has 0 spiro atoms. The molecule has 1 aliphatic rings. The number of ether oxygens (including phenoxy) is 1. The number of amides is 1. The first kappa shape index (κ1) is 16.0. The zero-order valence-electron chi connectivity index (χ0n) is 11.2. The molecule has 21 heavy (non-hydrogen) atoms. The monoisotopic (exact) mass is 331 g/mol. The lowest BCUT2D eigenvalue weighted by atomic mass is 10.2. The van der Waals surface area contributed by atoms with E-state index in [-0.39, 0.29) is 23.4 Å². The van der Waals surface area contributed by atoms with Crippen LogP contribution >= 0.6 is 23.4 Å². The van der Waals surface area contributed by atoms with Crippen LogP contribution in [-0.4, -0.2) is 52.0 Å². The van der Waals surface area contributed by atoms with E-state index in [0.29, 0.717) is 18.0 Å². The highest BCUT2D eigenvalue weighted by molar-refractivity contribution is 7.98. The minimum atomic E-state index is -0.979. The molecule has 1 aromatic rings. The zero-order chi connectivity index (χ0) is 15.4. The second-order valence-electron chi connectivity index (χ2n) is 4.43. The van der Waals surface area contributed by atoms with Gasteiger partial charge >= 0.3 is 5.97 Å². The lowest BCUT2D eigenvalue weighted by molar-refractivity contribution is -0.149. The smallest absolute Gasteiger partial charge is 0.332 e. The van der Waals surface area contributed by atoms with Gasteiger partial charge < -0.3 is 15.2 Å². The Morgan fingerprint density at radius 1 is 1.57 bits per heavy atom. The van der Waals surface area contributed by atoms with Crippen LogP contribution in [0.25, 0.3) is 0 Å². The topological polar surface area (TPSA) is 101 Å². The molecule has 0 aromatic carbocycles. The van der Waals surface area contributed by atoms with Crippen molar-refractivity contribution in [3.05, 3.63) is 16.9 Å². The van der Waals surface area contributed by atoms with Crippen molar-refractivity contribution in [2.24, 2.45) is 0 Å². The molecule has 2 unspecified atom stereocenters. The summed E-state index contributed by atoms with van der Waals surface area (Å²) >= 11 is 7.21. The maximum absolute atomic E-state index is 12.0. The van der Waals surface area contributed by atoms with Gasteiger partial charge in [-0.25, -0.2) is 14.8 Å². The molecule has 1 aromatic heterocycles. The Bertz CT molecular complexity index is 557. The van der Waals surface area contributed by atoms with Crippen molar-refractivity contribution in [2.45, 2.75) is 30.2 Å². The van der Waals surface area contributed by atoms with Gasteiger partial charge in [-0.1, -0.05) is 23.4 Å². The Morgan fingerprint density at radius 3 is 2.95 bits per heavy atom. The van der Waals surface area contributed by atoms with Crippen molar-refractivity contribution in [3.63, 3.8) is 0 Å². The Balaban J connectivity index is 1.92. The summed E-state index contributed by atoms with van der Waals surface area (Å²) in [6, 6.07) is 0. The molecule has 2 heterocycles. The first-order valence-electron chi connectivity index (χ1n) is 6.24. The normalized spacial score (nSPS) is 21.2. The largest absolute Gasteiger partial charge is 0.479 e. The number of carbonyl (C=O) groups is 2. The highest BCUT2D eigenvalue weighted by Gasteiger charge is 2.30. The van der Waals surface area contributed by atoms with E-state index in [2.05, 4.69) is 15.3 Å². The summed E-state index contributed by atoms with van der Waals surface area (Å²) < 4.78 is 5.30. The Labute approximate surface area is 130 Å². The summed E-state index contributed by atoms with van der Waals surface area (Å²) in [4.78, 5) is 30.8. The summed E-state index contributed by atoms with van der Waals surface area (Å²) in [5.41, 5.74) is 0.101. The van der Waals surface area contributed by atoms with E-state index in [1.54, 1.807) is 6.26 Å². The lowest BCUT2D eigenvalue weighted by Crippen LogP contribution is -2.33. The molecule has 7 nitrogen and oxygen atoms in total. The number of thioether (sulfide) groups is 1. The van der Waals surface area contributed by atoms with Gasteiger partial charge in [0.2, 0.25) is 0 Å². The fraction of sp³-hybridized carbons (Fsp3) is 0.500. The zero-order valence-corrected chi connectivity index (χ0v) is 12.8. The van der Waals surface area contributed by atoms with Gasteiger partial charge in [0.15, 0.2) is 17.0 Å². The van der Waals surface area contributed by atoms with E-state index in [4.69, 9.17) is 21.4 Å². The number of hydrogen-bond donors (Lipinski definition) is 2. The molecule has 1 fully saturated rings. The predicted octanol–water partition coefficient (Wildman–Crippen LogP) is 1.21. The summed E-state index contributed by atoms with van der Waals surface area (Å²) in [6.45, 7) is 0.220. The van der Waals surface area contributed by atoms with E-state index < -0.39 is 18.0 Å². The number of rotatable bonds is 5. The van der Waals surface area contributed by atoms with Crippen molar-refractivity contribution < 1.29 is 19.4 Å². The van der Waals surface area contributed by atoms with Gasteiger partial charge in [0.25, 0.3) is 5.91 Å². The fourth-order valence-corrected chi connectivity index (χ4v) is 2.45. The molecule has 9 heteroatoms. The second kappa shape index (κ2) is 7.06. The van der Waals surface area contributed by atoms with Crippen molar-refractivity contribution >= 4 is 35.2 Å². The Kier molecular flexibility index (Phi) is 5.38. The van der Waals surface area contributed by atoms with Crippen LogP contribution in [-0.2, 0) is 9.53 Å². The quantitative estimate of drug-likeness (QED) is 0.617. The average Bonchev–Trinajstić information content (AvgIpc) is 2.94. The first-order valence-corrected chi connectivity index (χ1v) is 7.84. The van der Waals surface area contributed by atoms with Crippen LogP contribution in [0.5, 0.6) is 0 Å². The minimum absolute atomic E-state index is 0.101. The Hall–Kier alpha value is -1.38. The number of halogens is 1. The van der Waals surface area contributed by atoms with E-state index in [1.165, 1.54) is 18.0 Å². The van der Waals surface area contributed by atoms with Crippen LogP contribution in [0.3, 0.4) is 0 Å². The third-order valence-electron chi connectivity index (χ3n) is 2.99. The number of hydrogen-bond acceptors (Lipinski definition) is 6. The van der Waals surface area contributed by atoms with Crippen LogP contribution in [0.1, 0.15) is 23.3 Å². The van der Waals surface area contributed by atoms with Gasteiger partial charge in [0, 0.05) is 6.54 Å². The van der Waals surface area contributed by atoms with Gasteiger partial charge in [-0.05, 0) is 19.1 Å². The van der Waals surface area contributed by atoms with E-state index in [9.17, 15) is 9.59 Å². The van der Waals surface area contributed by atoms with Gasteiger partial charge in [0.05, 0.1) is 17.3 Å². The fourth-order valence-electron chi connectivity index (χ4n) is 1.94. The number of carboxylic acid groups (broad SMARTS) is 1. The number of nitrogens with one attached hydrogen (secondary N) is 1.